The second kappa shape index (κ2) is 7.65. The van der Waals surface area contributed by atoms with Crippen molar-refractivity contribution in [2.45, 2.75) is 32.7 Å². The van der Waals surface area contributed by atoms with Gasteiger partial charge in [0.1, 0.15) is 5.75 Å². The van der Waals surface area contributed by atoms with E-state index in [9.17, 15) is 0 Å². The number of rotatable bonds is 5. The van der Waals surface area contributed by atoms with Gasteiger partial charge < -0.3 is 15.0 Å². The zero-order valence-corrected chi connectivity index (χ0v) is 13.1. The summed E-state index contributed by atoms with van der Waals surface area (Å²) in [6.45, 7) is 9.28. The Morgan fingerprint density at radius 1 is 1.40 bits per heavy atom. The summed E-state index contributed by atoms with van der Waals surface area (Å²) in [6, 6.07) is 9.06. The molecule has 1 heterocycles. The SMILES string of the molecule is COc1cccc(CCN2CCCNC(C(C)C)C2)c1. The molecule has 1 atom stereocenters. The quantitative estimate of drug-likeness (QED) is 0.894. The molecule has 0 aliphatic carbocycles. The minimum Gasteiger partial charge on any atom is -0.497 e. The summed E-state index contributed by atoms with van der Waals surface area (Å²) < 4.78 is 5.29. The van der Waals surface area contributed by atoms with Crippen LogP contribution in [0.5, 0.6) is 5.75 Å². The van der Waals surface area contributed by atoms with Crippen LogP contribution in [-0.2, 0) is 6.42 Å². The van der Waals surface area contributed by atoms with Crippen LogP contribution in [0.2, 0.25) is 0 Å². The highest BCUT2D eigenvalue weighted by Gasteiger charge is 2.19. The van der Waals surface area contributed by atoms with Crippen molar-refractivity contribution < 1.29 is 4.74 Å². The molecule has 0 spiro atoms. The van der Waals surface area contributed by atoms with E-state index >= 15 is 0 Å². The first-order chi connectivity index (χ1) is 9.69. The minimum absolute atomic E-state index is 0.628. The first-order valence-electron chi connectivity index (χ1n) is 7.77. The molecule has 0 radical (unpaired) electrons. The van der Waals surface area contributed by atoms with Gasteiger partial charge in [0.2, 0.25) is 0 Å². The van der Waals surface area contributed by atoms with Gasteiger partial charge in [-0.1, -0.05) is 26.0 Å². The van der Waals surface area contributed by atoms with E-state index in [1.165, 1.54) is 25.1 Å². The zero-order chi connectivity index (χ0) is 14.4. The number of methoxy groups -OCH3 is 1. The molecule has 1 aromatic rings. The van der Waals surface area contributed by atoms with Gasteiger partial charge >= 0.3 is 0 Å². The van der Waals surface area contributed by atoms with Crippen molar-refractivity contribution in [3.63, 3.8) is 0 Å². The summed E-state index contributed by atoms with van der Waals surface area (Å²) in [6.07, 6.45) is 2.35. The number of benzene rings is 1. The third-order valence-corrected chi connectivity index (χ3v) is 4.17. The maximum atomic E-state index is 5.29. The first-order valence-corrected chi connectivity index (χ1v) is 7.77. The molecule has 1 aliphatic heterocycles. The second-order valence-corrected chi connectivity index (χ2v) is 6.06. The molecular weight excluding hydrogens is 248 g/mol. The minimum atomic E-state index is 0.628. The van der Waals surface area contributed by atoms with Gasteiger partial charge in [-0.2, -0.15) is 0 Å². The molecule has 20 heavy (non-hydrogen) atoms. The van der Waals surface area contributed by atoms with Crippen molar-refractivity contribution in [1.29, 1.82) is 0 Å². The summed E-state index contributed by atoms with van der Waals surface area (Å²) in [4.78, 5) is 2.60. The molecule has 2 rings (SSSR count). The Hall–Kier alpha value is -1.06. The van der Waals surface area contributed by atoms with Crippen LogP contribution in [0, 0.1) is 5.92 Å². The first kappa shape index (κ1) is 15.3. The van der Waals surface area contributed by atoms with Gasteiger partial charge in [0.05, 0.1) is 7.11 Å². The Bertz CT molecular complexity index is 406. The molecule has 1 aromatic carbocycles. The van der Waals surface area contributed by atoms with Crippen molar-refractivity contribution in [2.24, 2.45) is 5.92 Å². The van der Waals surface area contributed by atoms with Crippen LogP contribution in [0.25, 0.3) is 0 Å². The second-order valence-electron chi connectivity index (χ2n) is 6.06. The molecular formula is C17H28N2O. The molecule has 1 aliphatic rings. The zero-order valence-electron chi connectivity index (χ0n) is 13.1. The topological polar surface area (TPSA) is 24.5 Å². The van der Waals surface area contributed by atoms with E-state index in [-0.39, 0.29) is 0 Å². The predicted molar refractivity (Wildman–Crippen MR) is 84.4 cm³/mol. The molecule has 0 bridgehead atoms. The highest BCUT2D eigenvalue weighted by molar-refractivity contribution is 5.28. The van der Waals surface area contributed by atoms with Crippen LogP contribution >= 0.6 is 0 Å². The summed E-state index contributed by atoms with van der Waals surface area (Å²) in [7, 11) is 1.73. The lowest BCUT2D eigenvalue weighted by Gasteiger charge is -2.26. The molecule has 1 fully saturated rings. The van der Waals surface area contributed by atoms with E-state index in [0.29, 0.717) is 12.0 Å². The van der Waals surface area contributed by atoms with Crippen molar-refractivity contribution in [1.82, 2.24) is 10.2 Å². The lowest BCUT2D eigenvalue weighted by Crippen LogP contribution is -2.41. The van der Waals surface area contributed by atoms with E-state index in [1.54, 1.807) is 7.11 Å². The molecule has 1 unspecified atom stereocenters. The average Bonchev–Trinajstić information content (AvgIpc) is 2.71. The standard InChI is InChI=1S/C17H28N2O/c1-14(2)17-13-19(10-5-9-18-17)11-8-15-6-4-7-16(12-15)20-3/h4,6-7,12,14,17-18H,5,8-11,13H2,1-3H3. The number of ether oxygens (including phenoxy) is 1. The van der Waals surface area contributed by atoms with Gasteiger partial charge in [-0.25, -0.2) is 0 Å². The fourth-order valence-electron chi connectivity index (χ4n) is 2.79. The summed E-state index contributed by atoms with van der Waals surface area (Å²) in [5.41, 5.74) is 1.36. The normalized spacial score (nSPS) is 20.9. The molecule has 3 nitrogen and oxygen atoms in total. The van der Waals surface area contributed by atoms with Crippen LogP contribution < -0.4 is 10.1 Å². The Morgan fingerprint density at radius 2 is 2.25 bits per heavy atom. The largest absolute Gasteiger partial charge is 0.497 e. The van der Waals surface area contributed by atoms with Crippen molar-refractivity contribution >= 4 is 0 Å². The van der Waals surface area contributed by atoms with Gasteiger partial charge in [0, 0.05) is 19.1 Å². The Morgan fingerprint density at radius 3 is 3.00 bits per heavy atom. The molecule has 112 valence electrons. The number of hydrogen-bond acceptors (Lipinski definition) is 3. The van der Waals surface area contributed by atoms with Gasteiger partial charge in [-0.05, 0) is 49.5 Å². The van der Waals surface area contributed by atoms with E-state index in [1.807, 2.05) is 6.07 Å². The Labute approximate surface area is 123 Å². The molecule has 0 saturated carbocycles. The molecule has 0 amide bonds. The maximum absolute atomic E-state index is 5.29. The van der Waals surface area contributed by atoms with E-state index in [4.69, 9.17) is 4.74 Å². The van der Waals surface area contributed by atoms with Crippen LogP contribution in [0.4, 0.5) is 0 Å². The Balaban J connectivity index is 1.88. The fraction of sp³-hybridized carbons (Fsp3) is 0.647. The van der Waals surface area contributed by atoms with Gasteiger partial charge in [0.15, 0.2) is 0 Å². The van der Waals surface area contributed by atoms with E-state index < -0.39 is 0 Å². The van der Waals surface area contributed by atoms with Crippen LogP contribution in [-0.4, -0.2) is 44.2 Å². The molecule has 0 aromatic heterocycles. The van der Waals surface area contributed by atoms with Crippen LogP contribution in [0.15, 0.2) is 24.3 Å². The lowest BCUT2D eigenvalue weighted by molar-refractivity contribution is 0.248. The van der Waals surface area contributed by atoms with Crippen molar-refractivity contribution in [3.8, 4) is 5.75 Å². The average molecular weight is 276 g/mol. The molecule has 1 saturated heterocycles. The third kappa shape index (κ3) is 4.50. The highest BCUT2D eigenvalue weighted by Crippen LogP contribution is 2.14. The summed E-state index contributed by atoms with van der Waals surface area (Å²) >= 11 is 0. The maximum Gasteiger partial charge on any atom is 0.119 e. The van der Waals surface area contributed by atoms with Crippen molar-refractivity contribution in [3.05, 3.63) is 29.8 Å². The number of nitrogens with zero attached hydrogens (tertiary/aromatic N) is 1. The number of hydrogen-bond donors (Lipinski definition) is 1. The third-order valence-electron chi connectivity index (χ3n) is 4.17. The van der Waals surface area contributed by atoms with Gasteiger partial charge in [-0.3, -0.25) is 0 Å². The highest BCUT2D eigenvalue weighted by atomic mass is 16.5. The van der Waals surface area contributed by atoms with E-state index in [2.05, 4.69) is 42.3 Å². The summed E-state index contributed by atoms with van der Waals surface area (Å²) in [5, 5.41) is 3.67. The van der Waals surface area contributed by atoms with E-state index in [0.717, 1.165) is 25.3 Å². The Kier molecular flexibility index (Phi) is 5.86. The van der Waals surface area contributed by atoms with Crippen LogP contribution in [0.1, 0.15) is 25.8 Å². The van der Waals surface area contributed by atoms with Crippen molar-refractivity contribution in [2.75, 3.05) is 33.3 Å². The number of nitrogens with one attached hydrogen (secondary N) is 1. The van der Waals surface area contributed by atoms with Crippen LogP contribution in [0.3, 0.4) is 0 Å². The summed E-state index contributed by atoms with van der Waals surface area (Å²) in [5.74, 6) is 1.66. The van der Waals surface area contributed by atoms with Gasteiger partial charge in [-0.15, -0.1) is 0 Å². The molecule has 3 heteroatoms. The smallest absolute Gasteiger partial charge is 0.119 e. The fourth-order valence-corrected chi connectivity index (χ4v) is 2.79. The monoisotopic (exact) mass is 276 g/mol. The lowest BCUT2D eigenvalue weighted by atomic mass is 10.0. The van der Waals surface area contributed by atoms with Gasteiger partial charge in [0.25, 0.3) is 0 Å². The predicted octanol–water partition coefficient (Wildman–Crippen LogP) is 2.56. The molecule has 1 N–H and O–H groups in total.